The van der Waals surface area contributed by atoms with Crippen LogP contribution in [0.5, 0.6) is 0 Å². The number of hydrogen-bond donors (Lipinski definition) is 1. The molecular weight excluding hydrogens is 504 g/mol. The molecule has 2 aliphatic carbocycles. The highest BCUT2D eigenvalue weighted by Gasteiger charge is 2.29. The van der Waals surface area contributed by atoms with E-state index in [4.69, 9.17) is 9.72 Å². The maximum atomic E-state index is 13.2. The normalized spacial score (nSPS) is 14.5. The molecule has 1 atom stereocenters. The first kappa shape index (κ1) is 24.1. The maximum Gasteiger partial charge on any atom is 0.341 e. The molecule has 1 N–H and O–H groups in total. The number of aryl methyl sites for hydroxylation is 1. The van der Waals surface area contributed by atoms with Gasteiger partial charge in [-0.2, -0.15) is 0 Å². The molecule has 4 aromatic rings. The molecule has 7 nitrogen and oxygen atoms in total. The van der Waals surface area contributed by atoms with Crippen LogP contribution in [-0.2, 0) is 22.4 Å². The van der Waals surface area contributed by atoms with E-state index in [9.17, 15) is 9.59 Å². The third kappa shape index (κ3) is 4.30. The van der Waals surface area contributed by atoms with E-state index in [0.717, 1.165) is 71.0 Å². The first-order valence-corrected chi connectivity index (χ1v) is 14.3. The van der Waals surface area contributed by atoms with Gasteiger partial charge in [0.25, 0.3) is 0 Å². The van der Waals surface area contributed by atoms with Crippen molar-refractivity contribution in [2.75, 3.05) is 11.9 Å². The molecule has 188 valence electrons. The Morgan fingerprint density at radius 3 is 2.59 bits per heavy atom. The van der Waals surface area contributed by atoms with Gasteiger partial charge in [-0.25, -0.2) is 9.78 Å². The van der Waals surface area contributed by atoms with Crippen LogP contribution in [0.1, 0.15) is 53.9 Å². The highest BCUT2D eigenvalue weighted by Crippen LogP contribution is 2.45. The van der Waals surface area contributed by atoms with Crippen molar-refractivity contribution in [3.05, 3.63) is 52.4 Å². The van der Waals surface area contributed by atoms with E-state index in [1.54, 1.807) is 6.92 Å². The number of thiophene rings is 1. The van der Waals surface area contributed by atoms with Crippen LogP contribution in [0, 0.1) is 0 Å². The van der Waals surface area contributed by atoms with Gasteiger partial charge < -0.3 is 10.1 Å². The zero-order chi connectivity index (χ0) is 25.5. The van der Waals surface area contributed by atoms with Crippen LogP contribution in [0.15, 0.2) is 41.6 Å². The molecule has 9 heteroatoms. The summed E-state index contributed by atoms with van der Waals surface area (Å²) in [6.07, 6.45) is 5.04. The molecule has 2 heterocycles. The first-order chi connectivity index (χ1) is 18.0. The second kappa shape index (κ2) is 9.87. The Morgan fingerprint density at radius 1 is 1.05 bits per heavy atom. The van der Waals surface area contributed by atoms with Crippen LogP contribution in [0.3, 0.4) is 0 Å². The van der Waals surface area contributed by atoms with Crippen LogP contribution in [-0.4, -0.2) is 38.9 Å². The molecule has 1 unspecified atom stereocenters. The van der Waals surface area contributed by atoms with Crippen LogP contribution >= 0.6 is 23.1 Å². The van der Waals surface area contributed by atoms with Gasteiger partial charge >= 0.3 is 5.97 Å². The number of carbonyl (C=O) groups is 2. The third-order valence-electron chi connectivity index (χ3n) is 6.87. The predicted molar refractivity (Wildman–Crippen MR) is 147 cm³/mol. The summed E-state index contributed by atoms with van der Waals surface area (Å²) < 4.78 is 5.35. The average Bonchev–Trinajstić information content (AvgIpc) is 3.30. The highest BCUT2D eigenvalue weighted by atomic mass is 32.2. The lowest BCUT2D eigenvalue weighted by Gasteiger charge is -2.12. The minimum absolute atomic E-state index is 0.207. The molecule has 0 saturated carbocycles. The lowest BCUT2D eigenvalue weighted by atomic mass is 10.0. The third-order valence-corrected chi connectivity index (χ3v) is 9.03. The number of thioether (sulfide) groups is 1. The van der Waals surface area contributed by atoms with Crippen molar-refractivity contribution in [2.45, 2.75) is 56.4 Å². The molecule has 0 saturated heterocycles. The Bertz CT molecular complexity index is 1540. The van der Waals surface area contributed by atoms with E-state index in [0.29, 0.717) is 22.3 Å². The van der Waals surface area contributed by atoms with Crippen molar-refractivity contribution < 1.29 is 14.3 Å². The van der Waals surface area contributed by atoms with Crippen LogP contribution < -0.4 is 5.32 Å². The van der Waals surface area contributed by atoms with Gasteiger partial charge in [0.1, 0.15) is 16.4 Å². The van der Waals surface area contributed by atoms with Crippen molar-refractivity contribution in [2.24, 2.45) is 0 Å². The number of nitrogens with zero attached hydrogens (tertiary/aromatic N) is 3. The number of rotatable bonds is 6. The molecule has 0 aliphatic heterocycles. The Balaban J connectivity index is 1.24. The second-order valence-electron chi connectivity index (χ2n) is 9.24. The number of esters is 1. The number of hydrogen-bond acceptors (Lipinski definition) is 8. The smallest absolute Gasteiger partial charge is 0.341 e. The van der Waals surface area contributed by atoms with Gasteiger partial charge in [-0.05, 0) is 50.5 Å². The van der Waals surface area contributed by atoms with Crippen molar-refractivity contribution in [1.82, 2.24) is 15.2 Å². The molecule has 0 spiro atoms. The number of benzene rings is 2. The molecule has 6 rings (SSSR count). The van der Waals surface area contributed by atoms with Gasteiger partial charge in [-0.15, -0.1) is 21.5 Å². The monoisotopic (exact) mass is 530 g/mol. The number of carbonyl (C=O) groups excluding carboxylic acids is 2. The van der Waals surface area contributed by atoms with Crippen molar-refractivity contribution in [1.29, 1.82) is 0 Å². The molecule has 0 fully saturated rings. The summed E-state index contributed by atoms with van der Waals surface area (Å²) in [4.78, 5) is 32.0. The van der Waals surface area contributed by atoms with Crippen LogP contribution in [0.2, 0.25) is 0 Å². The zero-order valence-corrected chi connectivity index (χ0v) is 22.3. The van der Waals surface area contributed by atoms with E-state index in [-0.39, 0.29) is 11.9 Å². The molecule has 1 amide bonds. The minimum atomic E-state index is -0.489. The molecule has 37 heavy (non-hydrogen) atoms. The quantitative estimate of drug-likeness (QED) is 0.156. The van der Waals surface area contributed by atoms with E-state index in [2.05, 4.69) is 33.7 Å². The highest BCUT2D eigenvalue weighted by molar-refractivity contribution is 8.00. The fraction of sp³-hybridized carbons (Fsp3) is 0.321. The van der Waals surface area contributed by atoms with Gasteiger partial charge in [0.2, 0.25) is 11.1 Å². The summed E-state index contributed by atoms with van der Waals surface area (Å²) in [5.74, 6) is -0.571. The number of fused-ring (bicyclic) bond motifs is 4. The molecule has 2 aliphatic rings. The number of anilines is 1. The SMILES string of the molecule is CCOC(=O)c1c(NC(=O)C(C)Sc2nnc3c(n2)-c2cccc4cccc-3c24)sc2c1CCCCC2. The Labute approximate surface area is 223 Å². The molecule has 0 radical (unpaired) electrons. The van der Waals surface area contributed by atoms with Gasteiger partial charge in [-0.3, -0.25) is 4.79 Å². The number of amides is 1. The zero-order valence-electron chi connectivity index (χ0n) is 20.7. The van der Waals surface area contributed by atoms with Crippen LogP contribution in [0.25, 0.3) is 33.3 Å². The van der Waals surface area contributed by atoms with Gasteiger partial charge in [-0.1, -0.05) is 54.6 Å². The van der Waals surface area contributed by atoms with Gasteiger partial charge in [0.05, 0.1) is 17.4 Å². The predicted octanol–water partition coefficient (Wildman–Crippen LogP) is 6.30. The number of nitrogens with one attached hydrogen (secondary N) is 1. The molecule has 2 aromatic carbocycles. The summed E-state index contributed by atoms with van der Waals surface area (Å²) in [6.45, 7) is 3.90. The molecule has 2 aromatic heterocycles. The van der Waals surface area contributed by atoms with Crippen LogP contribution in [0.4, 0.5) is 5.00 Å². The summed E-state index contributed by atoms with van der Waals surface area (Å²) in [7, 11) is 0. The fourth-order valence-corrected chi connectivity index (χ4v) is 7.14. The minimum Gasteiger partial charge on any atom is -0.462 e. The van der Waals surface area contributed by atoms with E-state index < -0.39 is 5.25 Å². The summed E-state index contributed by atoms with van der Waals surface area (Å²) in [5.41, 5.74) is 5.20. The Kier molecular flexibility index (Phi) is 6.42. The second-order valence-corrected chi connectivity index (χ2v) is 11.7. The van der Waals surface area contributed by atoms with Gasteiger partial charge in [0, 0.05) is 21.4 Å². The number of ether oxygens (including phenoxy) is 1. The van der Waals surface area contributed by atoms with E-state index in [1.165, 1.54) is 28.0 Å². The lowest BCUT2D eigenvalue weighted by molar-refractivity contribution is -0.115. The topological polar surface area (TPSA) is 94.1 Å². The van der Waals surface area contributed by atoms with Gasteiger partial charge in [0.15, 0.2) is 0 Å². The standard InChI is InChI=1S/C28H26N4O3S2/c1-3-35-27(34)22-17-11-5-4-6-14-20(17)37-26(22)30-25(33)15(2)36-28-29-23-18-12-7-9-16-10-8-13-19(21(16)18)24(23)31-32-28/h7-10,12-13,15H,3-6,11,14H2,1-2H3,(H,30,33). The summed E-state index contributed by atoms with van der Waals surface area (Å²) in [5, 5.41) is 14.6. The number of aromatic nitrogens is 3. The Hall–Kier alpha value is -3.30. The van der Waals surface area contributed by atoms with E-state index in [1.807, 2.05) is 25.1 Å². The van der Waals surface area contributed by atoms with E-state index >= 15 is 0 Å². The maximum absolute atomic E-state index is 13.2. The molecular formula is C28H26N4O3S2. The fourth-order valence-electron chi connectivity index (χ4n) is 5.14. The Morgan fingerprint density at radius 2 is 1.81 bits per heavy atom. The summed E-state index contributed by atoms with van der Waals surface area (Å²) >= 11 is 2.76. The molecule has 0 bridgehead atoms. The summed E-state index contributed by atoms with van der Waals surface area (Å²) in [6, 6.07) is 12.3. The lowest BCUT2D eigenvalue weighted by Crippen LogP contribution is -2.23. The van der Waals surface area contributed by atoms with Crippen molar-refractivity contribution in [3.63, 3.8) is 0 Å². The largest absolute Gasteiger partial charge is 0.462 e. The average molecular weight is 531 g/mol. The first-order valence-electron chi connectivity index (χ1n) is 12.6. The van der Waals surface area contributed by atoms with Crippen molar-refractivity contribution >= 4 is 50.7 Å². The van der Waals surface area contributed by atoms with Crippen molar-refractivity contribution in [3.8, 4) is 22.5 Å².